The molecule has 39 heavy (non-hydrogen) atoms. The molecule has 4 rings (SSSR count). The number of amides is 1. The Labute approximate surface area is 226 Å². The maximum absolute atomic E-state index is 13.7. The van der Waals surface area contributed by atoms with Crippen LogP contribution in [-0.2, 0) is 20.8 Å². The number of carbonyl (C=O) groups excluding carboxylic acids is 3. The lowest BCUT2D eigenvalue weighted by atomic mass is 9.95. The number of ether oxygens (including phenoxy) is 3. The van der Waals surface area contributed by atoms with Crippen LogP contribution in [0.15, 0.2) is 47.6 Å². The van der Waals surface area contributed by atoms with E-state index in [1.807, 2.05) is 50.2 Å². The summed E-state index contributed by atoms with van der Waals surface area (Å²) in [5, 5.41) is 13.9. The Bertz CT molecular complexity index is 1410. The summed E-state index contributed by atoms with van der Waals surface area (Å²) >= 11 is 0. The Morgan fingerprint density at radius 3 is 2.33 bits per heavy atom. The summed E-state index contributed by atoms with van der Waals surface area (Å²) in [5.41, 5.74) is 4.16. The predicted molar refractivity (Wildman–Crippen MR) is 142 cm³/mol. The Hall–Kier alpha value is -4.54. The second-order valence-corrected chi connectivity index (χ2v) is 8.98. The van der Waals surface area contributed by atoms with Gasteiger partial charge in [-0.15, -0.1) is 5.10 Å². The number of aryl methyl sites for hydroxylation is 2. The van der Waals surface area contributed by atoms with Gasteiger partial charge >= 0.3 is 11.9 Å². The Morgan fingerprint density at radius 1 is 0.974 bits per heavy atom. The fraction of sp³-hybridized carbons (Fsp3) is 0.357. The summed E-state index contributed by atoms with van der Waals surface area (Å²) in [6, 6.07) is 13.1. The second kappa shape index (κ2) is 11.9. The molecule has 1 aliphatic rings. The molecule has 1 atom stereocenters. The van der Waals surface area contributed by atoms with Crippen LogP contribution in [0.5, 0.6) is 5.75 Å². The third kappa shape index (κ3) is 5.82. The van der Waals surface area contributed by atoms with Crippen molar-refractivity contribution in [1.82, 2.24) is 20.0 Å². The molecule has 204 valence electrons. The first-order valence-corrected chi connectivity index (χ1v) is 12.7. The van der Waals surface area contributed by atoms with Crippen molar-refractivity contribution in [3.05, 3.63) is 76.1 Å². The Morgan fingerprint density at radius 2 is 1.67 bits per heavy atom. The quantitative estimate of drug-likeness (QED) is 0.382. The first-order valence-electron chi connectivity index (χ1n) is 12.7. The molecule has 0 radical (unpaired) electrons. The van der Waals surface area contributed by atoms with Crippen LogP contribution in [0, 0.1) is 13.8 Å². The lowest BCUT2D eigenvalue weighted by Gasteiger charge is -2.22. The molecule has 3 aromatic rings. The van der Waals surface area contributed by atoms with Crippen molar-refractivity contribution in [3.8, 4) is 5.75 Å². The number of rotatable bonds is 9. The van der Waals surface area contributed by atoms with Crippen LogP contribution in [0.25, 0.3) is 0 Å². The van der Waals surface area contributed by atoms with Crippen LogP contribution in [0.4, 0.5) is 0 Å². The Kier molecular flexibility index (Phi) is 8.38. The molecule has 0 aliphatic carbocycles. The molecule has 11 nitrogen and oxygen atoms in total. The van der Waals surface area contributed by atoms with E-state index < -0.39 is 30.4 Å². The van der Waals surface area contributed by atoms with Gasteiger partial charge in [0.15, 0.2) is 5.69 Å². The highest BCUT2D eigenvalue weighted by molar-refractivity contribution is 6.04. The van der Waals surface area contributed by atoms with Crippen LogP contribution in [0.1, 0.15) is 69.5 Å². The lowest BCUT2D eigenvalue weighted by Crippen LogP contribution is -2.32. The van der Waals surface area contributed by atoms with Crippen LogP contribution in [0.3, 0.4) is 0 Å². The molecule has 0 bridgehead atoms. The summed E-state index contributed by atoms with van der Waals surface area (Å²) in [4.78, 5) is 38.8. The van der Waals surface area contributed by atoms with E-state index in [4.69, 9.17) is 19.3 Å². The lowest BCUT2D eigenvalue weighted by molar-refractivity contribution is -0.133. The van der Waals surface area contributed by atoms with Gasteiger partial charge in [-0.1, -0.05) is 35.0 Å². The highest BCUT2D eigenvalue weighted by Gasteiger charge is 2.35. The van der Waals surface area contributed by atoms with Gasteiger partial charge in [-0.05, 0) is 57.0 Å². The molecule has 2 heterocycles. The number of hydrogen-bond donors (Lipinski definition) is 0. The van der Waals surface area contributed by atoms with Crippen molar-refractivity contribution < 1.29 is 28.6 Å². The van der Waals surface area contributed by atoms with E-state index in [9.17, 15) is 14.4 Å². The van der Waals surface area contributed by atoms with Crippen molar-refractivity contribution in [2.75, 3.05) is 20.3 Å². The topological polar surface area (TPSA) is 125 Å². The van der Waals surface area contributed by atoms with Gasteiger partial charge in [-0.2, -0.15) is 5.10 Å². The molecule has 11 heteroatoms. The van der Waals surface area contributed by atoms with E-state index in [1.54, 1.807) is 21.0 Å². The zero-order chi connectivity index (χ0) is 28.1. The average Bonchev–Trinajstić information content (AvgIpc) is 3.55. The zero-order valence-corrected chi connectivity index (χ0v) is 22.6. The molecule has 0 spiro atoms. The summed E-state index contributed by atoms with van der Waals surface area (Å²) in [7, 11) is 1.59. The van der Waals surface area contributed by atoms with Crippen molar-refractivity contribution >= 4 is 23.6 Å². The fourth-order valence-corrected chi connectivity index (χ4v) is 4.40. The van der Waals surface area contributed by atoms with Crippen molar-refractivity contribution in [2.24, 2.45) is 5.10 Å². The standard InChI is InChI=1S/C28H31N5O6/c1-6-38-27(35)25-26(28(36)39-7-2)32(31-29-25)16-24(34)33-23(19-10-12-20(37-5)13-11-19)15-22(30-33)21-14-17(3)8-9-18(21)4/h8-14,23H,6-7,15-16H2,1-5H3/t23-/m1/s1. The summed E-state index contributed by atoms with van der Waals surface area (Å²) in [6.45, 7) is 7.03. The molecule has 1 aliphatic heterocycles. The summed E-state index contributed by atoms with van der Waals surface area (Å²) in [5.74, 6) is -1.40. The number of methoxy groups -OCH3 is 1. The van der Waals surface area contributed by atoms with Crippen LogP contribution < -0.4 is 4.74 Å². The van der Waals surface area contributed by atoms with E-state index in [0.717, 1.165) is 32.6 Å². The Balaban J connectivity index is 1.71. The van der Waals surface area contributed by atoms with Crippen LogP contribution in [-0.4, -0.2) is 63.9 Å². The van der Waals surface area contributed by atoms with Gasteiger partial charge in [0.2, 0.25) is 5.69 Å². The largest absolute Gasteiger partial charge is 0.497 e. The monoisotopic (exact) mass is 533 g/mol. The highest BCUT2D eigenvalue weighted by atomic mass is 16.5. The number of hydrogen-bond acceptors (Lipinski definition) is 9. The maximum atomic E-state index is 13.7. The maximum Gasteiger partial charge on any atom is 0.361 e. The van der Waals surface area contributed by atoms with Crippen LogP contribution in [0.2, 0.25) is 0 Å². The fourth-order valence-electron chi connectivity index (χ4n) is 4.40. The number of nitrogens with zero attached hydrogens (tertiary/aromatic N) is 5. The van der Waals surface area contributed by atoms with Gasteiger partial charge < -0.3 is 14.2 Å². The summed E-state index contributed by atoms with van der Waals surface area (Å²) in [6.07, 6.45) is 0.485. The first-order chi connectivity index (χ1) is 18.8. The third-order valence-electron chi connectivity index (χ3n) is 6.33. The number of benzene rings is 2. The van der Waals surface area contributed by atoms with Crippen molar-refractivity contribution in [2.45, 2.75) is 46.7 Å². The van der Waals surface area contributed by atoms with E-state index >= 15 is 0 Å². The van der Waals surface area contributed by atoms with E-state index in [2.05, 4.69) is 16.4 Å². The normalized spacial score (nSPS) is 14.6. The van der Waals surface area contributed by atoms with Gasteiger partial charge in [0, 0.05) is 12.0 Å². The van der Waals surface area contributed by atoms with E-state index in [1.165, 1.54) is 5.01 Å². The average molecular weight is 534 g/mol. The smallest absolute Gasteiger partial charge is 0.361 e. The molecular formula is C28H31N5O6. The number of esters is 2. The van der Waals surface area contributed by atoms with Gasteiger partial charge in [0.1, 0.15) is 12.3 Å². The van der Waals surface area contributed by atoms with Crippen LogP contribution >= 0.6 is 0 Å². The van der Waals surface area contributed by atoms with Crippen molar-refractivity contribution in [3.63, 3.8) is 0 Å². The molecule has 1 aromatic heterocycles. The minimum absolute atomic E-state index is 0.0649. The first kappa shape index (κ1) is 27.5. The SMILES string of the molecule is CCOC(=O)c1nnn(CC(=O)N2N=C(c3cc(C)ccc3C)C[C@@H]2c2ccc(OC)cc2)c1C(=O)OCC. The number of carbonyl (C=O) groups is 3. The summed E-state index contributed by atoms with van der Waals surface area (Å²) < 4.78 is 16.5. The molecule has 0 N–H and O–H groups in total. The molecule has 1 amide bonds. The number of hydrazone groups is 1. The molecular weight excluding hydrogens is 502 g/mol. The highest BCUT2D eigenvalue weighted by Crippen LogP contribution is 2.34. The predicted octanol–water partition coefficient (Wildman–Crippen LogP) is 3.63. The van der Waals surface area contributed by atoms with Crippen molar-refractivity contribution in [1.29, 1.82) is 0 Å². The van der Waals surface area contributed by atoms with Gasteiger partial charge in [-0.3, -0.25) is 4.79 Å². The number of aromatic nitrogens is 3. The van der Waals surface area contributed by atoms with Gasteiger partial charge in [-0.25, -0.2) is 19.3 Å². The molecule has 0 saturated carbocycles. The molecule has 0 fully saturated rings. The molecule has 0 saturated heterocycles. The molecule has 2 aromatic carbocycles. The van der Waals surface area contributed by atoms with E-state index in [0.29, 0.717) is 12.2 Å². The third-order valence-corrected chi connectivity index (χ3v) is 6.33. The minimum atomic E-state index is -0.828. The van der Waals surface area contributed by atoms with Gasteiger partial charge in [0.05, 0.1) is 32.1 Å². The van der Waals surface area contributed by atoms with Gasteiger partial charge in [0.25, 0.3) is 5.91 Å². The molecule has 0 unspecified atom stereocenters. The second-order valence-electron chi connectivity index (χ2n) is 8.98. The zero-order valence-electron chi connectivity index (χ0n) is 22.6. The van der Waals surface area contributed by atoms with E-state index in [-0.39, 0.29) is 24.6 Å². The minimum Gasteiger partial charge on any atom is -0.497 e.